The zero-order valence-electron chi connectivity index (χ0n) is 11.8. The molecule has 1 N–H and O–H groups in total. The Balaban J connectivity index is 2.00. The molecule has 0 atom stereocenters. The van der Waals surface area contributed by atoms with E-state index in [9.17, 15) is 18.0 Å². The summed E-state index contributed by atoms with van der Waals surface area (Å²) in [6, 6.07) is 3.21. The van der Waals surface area contributed by atoms with E-state index in [4.69, 9.17) is 0 Å². The van der Waals surface area contributed by atoms with Gasteiger partial charge in [0.25, 0.3) is 5.91 Å². The van der Waals surface area contributed by atoms with Crippen LogP contribution in [0.1, 0.15) is 30.1 Å². The maximum Gasteiger partial charge on any atom is 0.391 e. The average molecular weight is 301 g/mol. The van der Waals surface area contributed by atoms with Crippen LogP contribution in [-0.4, -0.2) is 41.6 Å². The Hall–Kier alpha value is -1.79. The van der Waals surface area contributed by atoms with Crippen LogP contribution in [0.2, 0.25) is 0 Å². The number of aromatic nitrogens is 1. The van der Waals surface area contributed by atoms with Crippen LogP contribution in [0.5, 0.6) is 0 Å². The number of carbonyl (C=O) groups excluding carboxylic acids is 1. The molecule has 0 unspecified atom stereocenters. The number of anilines is 1. The first-order chi connectivity index (χ1) is 9.91. The van der Waals surface area contributed by atoms with Crippen LogP contribution < -0.4 is 5.32 Å². The van der Waals surface area contributed by atoms with Crippen molar-refractivity contribution >= 4 is 11.7 Å². The lowest BCUT2D eigenvalue weighted by Crippen LogP contribution is -2.42. The molecule has 0 spiro atoms. The van der Waals surface area contributed by atoms with E-state index < -0.39 is 12.1 Å². The Morgan fingerprint density at radius 2 is 2.10 bits per heavy atom. The van der Waals surface area contributed by atoms with E-state index >= 15 is 0 Å². The second-order valence-corrected chi connectivity index (χ2v) is 5.07. The van der Waals surface area contributed by atoms with Crippen molar-refractivity contribution in [3.05, 3.63) is 23.9 Å². The number of likely N-dealkylation sites (tertiary alicyclic amines) is 1. The van der Waals surface area contributed by atoms with E-state index in [0.29, 0.717) is 17.9 Å². The fraction of sp³-hybridized carbons (Fsp3) is 0.571. The van der Waals surface area contributed by atoms with Crippen LogP contribution in [0.25, 0.3) is 0 Å². The molecule has 0 radical (unpaired) electrons. The molecule has 4 nitrogen and oxygen atoms in total. The second kappa shape index (κ2) is 6.32. The Labute approximate surface area is 121 Å². The van der Waals surface area contributed by atoms with E-state index in [1.54, 1.807) is 12.1 Å². The van der Waals surface area contributed by atoms with Crippen molar-refractivity contribution in [3.63, 3.8) is 0 Å². The SMILES string of the molecule is CCNc1cc(C(=O)N2CCC(C(F)(F)F)CC2)ccn1. The highest BCUT2D eigenvalue weighted by Crippen LogP contribution is 2.34. The summed E-state index contributed by atoms with van der Waals surface area (Å²) in [6.07, 6.45) is -2.70. The first-order valence-corrected chi connectivity index (χ1v) is 6.97. The molecule has 1 fully saturated rings. The van der Waals surface area contributed by atoms with E-state index in [1.165, 1.54) is 11.1 Å². The van der Waals surface area contributed by atoms with Gasteiger partial charge in [-0.15, -0.1) is 0 Å². The number of halogens is 3. The molecule has 0 bridgehead atoms. The van der Waals surface area contributed by atoms with Gasteiger partial charge in [-0.05, 0) is 31.9 Å². The highest BCUT2D eigenvalue weighted by atomic mass is 19.4. The lowest BCUT2D eigenvalue weighted by atomic mass is 9.96. The fourth-order valence-corrected chi connectivity index (χ4v) is 2.43. The molecule has 2 rings (SSSR count). The van der Waals surface area contributed by atoms with Crippen LogP contribution >= 0.6 is 0 Å². The van der Waals surface area contributed by atoms with E-state index in [-0.39, 0.29) is 31.8 Å². The molecule has 0 aliphatic carbocycles. The van der Waals surface area contributed by atoms with Crippen LogP contribution in [0, 0.1) is 5.92 Å². The highest BCUT2D eigenvalue weighted by Gasteiger charge is 2.41. The van der Waals surface area contributed by atoms with Crippen LogP contribution in [0.4, 0.5) is 19.0 Å². The molecular weight excluding hydrogens is 283 g/mol. The van der Waals surface area contributed by atoms with Gasteiger partial charge in [0.1, 0.15) is 5.82 Å². The predicted octanol–water partition coefficient (Wildman–Crippen LogP) is 2.93. The summed E-state index contributed by atoms with van der Waals surface area (Å²) in [6.45, 7) is 2.88. The minimum Gasteiger partial charge on any atom is -0.370 e. The number of alkyl halides is 3. The van der Waals surface area contributed by atoms with E-state index in [1.807, 2.05) is 6.92 Å². The summed E-state index contributed by atoms with van der Waals surface area (Å²) in [7, 11) is 0. The minimum atomic E-state index is -4.16. The van der Waals surface area contributed by atoms with Gasteiger partial charge in [-0.1, -0.05) is 0 Å². The zero-order chi connectivity index (χ0) is 15.5. The monoisotopic (exact) mass is 301 g/mol. The number of pyridine rings is 1. The van der Waals surface area contributed by atoms with Crippen LogP contribution in [-0.2, 0) is 0 Å². The molecule has 1 saturated heterocycles. The topological polar surface area (TPSA) is 45.2 Å². The van der Waals surface area contributed by atoms with Crippen molar-refractivity contribution < 1.29 is 18.0 Å². The molecule has 0 saturated carbocycles. The van der Waals surface area contributed by atoms with Gasteiger partial charge in [0.05, 0.1) is 5.92 Å². The lowest BCUT2D eigenvalue weighted by molar-refractivity contribution is -0.183. The summed E-state index contributed by atoms with van der Waals surface area (Å²) in [5.74, 6) is -0.943. The van der Waals surface area contributed by atoms with Gasteiger partial charge in [0.2, 0.25) is 0 Å². The van der Waals surface area contributed by atoms with Gasteiger partial charge < -0.3 is 10.2 Å². The third-order valence-electron chi connectivity index (χ3n) is 3.61. The molecular formula is C14H18F3N3O. The molecule has 1 aromatic heterocycles. The number of piperidine rings is 1. The Morgan fingerprint density at radius 1 is 1.43 bits per heavy atom. The zero-order valence-corrected chi connectivity index (χ0v) is 11.8. The summed E-state index contributed by atoms with van der Waals surface area (Å²) in [5, 5.41) is 3.00. The molecule has 1 aliphatic rings. The van der Waals surface area contributed by atoms with Gasteiger partial charge >= 0.3 is 6.18 Å². The Kier molecular flexibility index (Phi) is 4.69. The highest BCUT2D eigenvalue weighted by molar-refractivity contribution is 5.94. The minimum absolute atomic E-state index is 0.0274. The van der Waals surface area contributed by atoms with Crippen molar-refractivity contribution in [2.75, 3.05) is 25.0 Å². The van der Waals surface area contributed by atoms with Crippen LogP contribution in [0.3, 0.4) is 0 Å². The van der Waals surface area contributed by atoms with Crippen molar-refractivity contribution in [3.8, 4) is 0 Å². The maximum absolute atomic E-state index is 12.6. The number of hydrogen-bond acceptors (Lipinski definition) is 3. The molecule has 0 aromatic carbocycles. The second-order valence-electron chi connectivity index (χ2n) is 5.07. The molecule has 1 aliphatic heterocycles. The predicted molar refractivity (Wildman–Crippen MR) is 73.1 cm³/mol. The van der Waals surface area contributed by atoms with Crippen LogP contribution in [0.15, 0.2) is 18.3 Å². The van der Waals surface area contributed by atoms with Crippen molar-refractivity contribution in [1.82, 2.24) is 9.88 Å². The molecule has 1 aromatic rings. The Bertz CT molecular complexity index is 496. The molecule has 2 heterocycles. The summed E-state index contributed by atoms with van der Waals surface area (Å²) >= 11 is 0. The summed E-state index contributed by atoms with van der Waals surface area (Å²) < 4.78 is 37.8. The van der Waals surface area contributed by atoms with E-state index in [2.05, 4.69) is 10.3 Å². The largest absolute Gasteiger partial charge is 0.391 e. The molecule has 21 heavy (non-hydrogen) atoms. The molecule has 1 amide bonds. The molecule has 116 valence electrons. The van der Waals surface area contributed by atoms with Gasteiger partial charge in [0, 0.05) is 31.4 Å². The number of nitrogens with zero attached hydrogens (tertiary/aromatic N) is 2. The third kappa shape index (κ3) is 3.86. The lowest BCUT2D eigenvalue weighted by Gasteiger charge is -2.33. The number of nitrogens with one attached hydrogen (secondary N) is 1. The van der Waals surface area contributed by atoms with E-state index in [0.717, 1.165) is 0 Å². The maximum atomic E-state index is 12.6. The van der Waals surface area contributed by atoms with Crippen molar-refractivity contribution in [2.45, 2.75) is 25.9 Å². The summed E-state index contributed by atoms with van der Waals surface area (Å²) in [4.78, 5) is 17.9. The first kappa shape index (κ1) is 15.6. The average Bonchev–Trinajstić information content (AvgIpc) is 2.46. The quantitative estimate of drug-likeness (QED) is 0.933. The third-order valence-corrected chi connectivity index (χ3v) is 3.61. The number of carbonyl (C=O) groups is 1. The standard InChI is InChI=1S/C14H18F3N3O/c1-2-18-12-9-10(3-6-19-12)13(21)20-7-4-11(5-8-20)14(15,16)17/h3,6,9,11H,2,4-5,7-8H2,1H3,(H,18,19). The van der Waals surface area contributed by atoms with Gasteiger partial charge in [-0.3, -0.25) is 4.79 Å². The molecule has 7 heteroatoms. The van der Waals surface area contributed by atoms with Crippen molar-refractivity contribution in [2.24, 2.45) is 5.92 Å². The number of hydrogen-bond donors (Lipinski definition) is 1. The van der Waals surface area contributed by atoms with Gasteiger partial charge in [0.15, 0.2) is 0 Å². The normalized spacial score (nSPS) is 16.9. The Morgan fingerprint density at radius 3 is 2.67 bits per heavy atom. The summed E-state index contributed by atoms with van der Waals surface area (Å²) in [5.41, 5.74) is 0.450. The smallest absolute Gasteiger partial charge is 0.370 e. The fourth-order valence-electron chi connectivity index (χ4n) is 2.43. The van der Waals surface area contributed by atoms with Gasteiger partial charge in [-0.25, -0.2) is 4.98 Å². The van der Waals surface area contributed by atoms with Crippen molar-refractivity contribution in [1.29, 1.82) is 0 Å². The van der Waals surface area contributed by atoms with Gasteiger partial charge in [-0.2, -0.15) is 13.2 Å². The number of rotatable bonds is 3. The number of amides is 1. The first-order valence-electron chi connectivity index (χ1n) is 6.97.